The van der Waals surface area contributed by atoms with Gasteiger partial charge in [0.25, 0.3) is 5.91 Å². The normalized spacial score (nSPS) is 21.9. The minimum Gasteiger partial charge on any atom is -0.458 e. The highest BCUT2D eigenvalue weighted by molar-refractivity contribution is 5.91. The second kappa shape index (κ2) is 9.54. The van der Waals surface area contributed by atoms with Gasteiger partial charge in [0.15, 0.2) is 6.04 Å². The number of hydrogen-bond acceptors (Lipinski definition) is 5. The molecular weight excluding hydrogens is 394 g/mol. The maximum Gasteiger partial charge on any atom is 0.331 e. The summed E-state index contributed by atoms with van der Waals surface area (Å²) in [6.45, 7) is 10.2. The maximum atomic E-state index is 13.4. The van der Waals surface area contributed by atoms with Crippen LogP contribution in [-0.4, -0.2) is 52.0 Å². The van der Waals surface area contributed by atoms with Gasteiger partial charge in [0.1, 0.15) is 11.6 Å². The van der Waals surface area contributed by atoms with E-state index in [1.54, 1.807) is 5.01 Å². The average Bonchev–Trinajstić information content (AvgIpc) is 2.84. The lowest BCUT2D eigenvalue weighted by Gasteiger charge is -2.44. The van der Waals surface area contributed by atoms with Crippen molar-refractivity contribution in [1.29, 1.82) is 0 Å². The molecule has 0 bridgehead atoms. The van der Waals surface area contributed by atoms with Crippen LogP contribution in [0.3, 0.4) is 0 Å². The molecule has 2 saturated heterocycles. The summed E-state index contributed by atoms with van der Waals surface area (Å²) in [5, 5.41) is 6.17. The largest absolute Gasteiger partial charge is 0.458 e. The number of fused-ring (bicyclic) bond motifs is 1. The molecule has 0 radical (unpaired) electrons. The summed E-state index contributed by atoms with van der Waals surface area (Å²) in [6, 6.07) is 8.37. The first kappa shape index (κ1) is 22.8. The molecule has 2 heterocycles. The topological polar surface area (TPSA) is 79.0 Å². The van der Waals surface area contributed by atoms with Gasteiger partial charge in [-0.3, -0.25) is 14.6 Å². The molecule has 2 fully saturated rings. The molecule has 0 spiro atoms. The van der Waals surface area contributed by atoms with Crippen LogP contribution in [0.5, 0.6) is 0 Å². The number of benzene rings is 1. The summed E-state index contributed by atoms with van der Waals surface area (Å²) in [6.07, 6.45) is 3.24. The fraction of sp³-hybridized carbons (Fsp3) is 0.542. The van der Waals surface area contributed by atoms with Crippen LogP contribution in [0.2, 0.25) is 0 Å². The Morgan fingerprint density at radius 1 is 1.19 bits per heavy atom. The van der Waals surface area contributed by atoms with Crippen molar-refractivity contribution < 1.29 is 19.1 Å². The zero-order valence-corrected chi connectivity index (χ0v) is 18.7. The Morgan fingerprint density at radius 3 is 2.58 bits per heavy atom. The third-order valence-corrected chi connectivity index (χ3v) is 5.51. The molecule has 31 heavy (non-hydrogen) atoms. The number of nitrogens with zero attached hydrogens (tertiary/aromatic N) is 2. The number of rotatable bonds is 5. The molecule has 1 aromatic carbocycles. The van der Waals surface area contributed by atoms with Crippen LogP contribution in [0.25, 0.3) is 0 Å². The van der Waals surface area contributed by atoms with E-state index in [9.17, 15) is 14.4 Å². The number of nitrogens with one attached hydrogen (secondary N) is 1. The number of allylic oxidation sites excluding steroid dienone is 1. The second-order valence-electron chi connectivity index (χ2n) is 9.21. The molecule has 2 aliphatic rings. The third kappa shape index (κ3) is 5.87. The number of ether oxygens (including phenoxy) is 1. The molecule has 2 amide bonds. The lowest BCUT2D eigenvalue weighted by molar-refractivity contribution is -0.181. The average molecular weight is 428 g/mol. The number of carbonyl (C=O) groups is 3. The Kier molecular flexibility index (Phi) is 7.03. The summed E-state index contributed by atoms with van der Waals surface area (Å²) in [5.74, 6) is -0.872. The Bertz CT molecular complexity index is 831. The number of hydrogen-bond donors (Lipinski definition) is 1. The van der Waals surface area contributed by atoms with E-state index < -0.39 is 23.7 Å². The predicted octanol–water partition coefficient (Wildman–Crippen LogP) is 2.96. The predicted molar refractivity (Wildman–Crippen MR) is 117 cm³/mol. The Balaban J connectivity index is 1.71. The molecule has 168 valence electrons. The third-order valence-electron chi connectivity index (χ3n) is 5.51. The molecular formula is C24H33N3O4. The number of carbonyl (C=O) groups excluding carboxylic acids is 3. The molecule has 1 aromatic rings. The van der Waals surface area contributed by atoms with Crippen molar-refractivity contribution in [2.24, 2.45) is 0 Å². The minimum atomic E-state index is -0.709. The fourth-order valence-corrected chi connectivity index (χ4v) is 4.03. The maximum absolute atomic E-state index is 13.4. The molecule has 3 rings (SSSR count). The lowest BCUT2D eigenvalue weighted by atomic mass is 10.1. The van der Waals surface area contributed by atoms with Crippen molar-refractivity contribution in [2.75, 3.05) is 6.54 Å². The van der Waals surface area contributed by atoms with Crippen molar-refractivity contribution in [3.63, 3.8) is 0 Å². The van der Waals surface area contributed by atoms with Crippen molar-refractivity contribution >= 4 is 17.8 Å². The van der Waals surface area contributed by atoms with Gasteiger partial charge in [-0.2, -0.15) is 0 Å². The van der Waals surface area contributed by atoms with Crippen molar-refractivity contribution in [3.8, 4) is 0 Å². The Hall–Kier alpha value is -2.83. The second-order valence-corrected chi connectivity index (χ2v) is 9.21. The Labute approximate surface area is 184 Å². The van der Waals surface area contributed by atoms with Gasteiger partial charge < -0.3 is 10.1 Å². The quantitative estimate of drug-likeness (QED) is 0.731. The highest BCUT2D eigenvalue weighted by Crippen LogP contribution is 2.30. The van der Waals surface area contributed by atoms with Crippen molar-refractivity contribution in [1.82, 2.24) is 15.3 Å². The molecule has 2 aliphatic heterocycles. The summed E-state index contributed by atoms with van der Waals surface area (Å²) in [5.41, 5.74) is 1.21. The summed E-state index contributed by atoms with van der Waals surface area (Å²) < 4.78 is 5.58. The van der Waals surface area contributed by atoms with E-state index in [0.717, 1.165) is 17.7 Å². The van der Waals surface area contributed by atoms with Crippen LogP contribution in [0.15, 0.2) is 42.6 Å². The number of amides is 2. The molecule has 0 aliphatic carbocycles. The highest BCUT2D eigenvalue weighted by atomic mass is 16.6. The van der Waals surface area contributed by atoms with Gasteiger partial charge in [-0.1, -0.05) is 36.9 Å². The van der Waals surface area contributed by atoms with Crippen molar-refractivity contribution in [2.45, 2.75) is 77.0 Å². The number of aryl methyl sites for hydroxylation is 1. The minimum absolute atomic E-state index is 0.174. The SMILES string of the molecule is C=C1CC[C@H](NC(=O)CCc2ccccc2)C(=O)N2[C@H](C(=O)OC(C)(C)C)CCCN12. The van der Waals surface area contributed by atoms with Crippen molar-refractivity contribution in [3.05, 3.63) is 48.2 Å². The van der Waals surface area contributed by atoms with Crippen LogP contribution in [0, 0.1) is 0 Å². The van der Waals surface area contributed by atoms with Crippen LogP contribution in [-0.2, 0) is 25.5 Å². The summed E-state index contributed by atoms with van der Waals surface area (Å²) in [7, 11) is 0. The molecule has 1 N–H and O–H groups in total. The highest BCUT2D eigenvalue weighted by Gasteiger charge is 2.44. The smallest absolute Gasteiger partial charge is 0.331 e. The van der Waals surface area contributed by atoms with E-state index in [4.69, 9.17) is 4.74 Å². The lowest BCUT2D eigenvalue weighted by Crippen LogP contribution is -2.61. The van der Waals surface area contributed by atoms with Gasteiger partial charge in [-0.05, 0) is 58.4 Å². The fourth-order valence-electron chi connectivity index (χ4n) is 4.03. The molecule has 7 nitrogen and oxygen atoms in total. The number of hydrazine groups is 1. The van der Waals surface area contributed by atoms with Crippen LogP contribution >= 0.6 is 0 Å². The van der Waals surface area contributed by atoms with Gasteiger partial charge in [0.05, 0.1) is 0 Å². The molecule has 2 atom stereocenters. The van der Waals surface area contributed by atoms with Gasteiger partial charge in [-0.25, -0.2) is 9.80 Å². The van der Waals surface area contributed by atoms with E-state index in [1.165, 1.54) is 5.01 Å². The van der Waals surface area contributed by atoms with Gasteiger partial charge in [0, 0.05) is 18.7 Å². The zero-order chi connectivity index (χ0) is 22.6. The van der Waals surface area contributed by atoms with E-state index in [2.05, 4.69) is 11.9 Å². The number of esters is 1. The van der Waals surface area contributed by atoms with Crippen LogP contribution in [0.4, 0.5) is 0 Å². The van der Waals surface area contributed by atoms with E-state index in [0.29, 0.717) is 38.6 Å². The van der Waals surface area contributed by atoms with Crippen LogP contribution in [0.1, 0.15) is 58.4 Å². The molecule has 0 aromatic heterocycles. The summed E-state index contributed by atoms with van der Waals surface area (Å²) >= 11 is 0. The van der Waals surface area contributed by atoms with Gasteiger partial charge in [0.2, 0.25) is 5.91 Å². The zero-order valence-electron chi connectivity index (χ0n) is 18.7. The van der Waals surface area contributed by atoms with E-state index in [-0.39, 0.29) is 11.8 Å². The first-order chi connectivity index (χ1) is 14.7. The first-order valence-electron chi connectivity index (χ1n) is 11.0. The molecule has 7 heteroatoms. The first-order valence-corrected chi connectivity index (χ1v) is 11.0. The van der Waals surface area contributed by atoms with Crippen LogP contribution < -0.4 is 5.32 Å². The molecule has 0 unspecified atom stereocenters. The molecule has 0 saturated carbocycles. The van der Waals surface area contributed by atoms with E-state index >= 15 is 0 Å². The van der Waals surface area contributed by atoms with Gasteiger partial charge in [-0.15, -0.1) is 0 Å². The standard InChI is InChI=1S/C24H33N3O4/c1-17-12-14-19(25-21(28)15-13-18-9-6-5-7-10-18)22(29)27-20(11-8-16-26(17)27)23(30)31-24(2,3)4/h5-7,9-10,19-20H,1,8,11-16H2,2-4H3,(H,25,28)/t19-,20-/m0/s1. The Morgan fingerprint density at radius 2 is 1.90 bits per heavy atom. The van der Waals surface area contributed by atoms with Gasteiger partial charge >= 0.3 is 5.97 Å². The summed E-state index contributed by atoms with van der Waals surface area (Å²) in [4.78, 5) is 38.9. The van der Waals surface area contributed by atoms with E-state index in [1.807, 2.05) is 51.1 Å². The monoisotopic (exact) mass is 427 g/mol.